The molecule has 1 unspecified atom stereocenters. The number of piperazine rings is 1. The Morgan fingerprint density at radius 3 is 2.43 bits per heavy atom. The summed E-state index contributed by atoms with van der Waals surface area (Å²) in [5.41, 5.74) is 7.53. The van der Waals surface area contributed by atoms with Crippen LogP contribution < -0.4 is 10.5 Å². The Morgan fingerprint density at radius 2 is 1.81 bits per heavy atom. The molecule has 1 saturated heterocycles. The fraction of sp³-hybridized carbons (Fsp3) is 0.647. The summed E-state index contributed by atoms with van der Waals surface area (Å²) in [6, 6.07) is 8.78. The van der Waals surface area contributed by atoms with E-state index in [-0.39, 0.29) is 6.04 Å². The molecule has 1 heterocycles. The minimum absolute atomic E-state index is 0.0124. The summed E-state index contributed by atoms with van der Waals surface area (Å²) >= 11 is 0. The van der Waals surface area contributed by atoms with Gasteiger partial charge in [0.25, 0.3) is 0 Å². The maximum absolute atomic E-state index is 6.42. The Kier molecular flexibility index (Phi) is 6.03. The van der Waals surface area contributed by atoms with Gasteiger partial charge in [-0.25, -0.2) is 0 Å². The zero-order valence-electron chi connectivity index (χ0n) is 13.6. The van der Waals surface area contributed by atoms with E-state index in [0.717, 1.165) is 44.0 Å². The van der Waals surface area contributed by atoms with Crippen LogP contribution in [0.3, 0.4) is 0 Å². The number of benzene rings is 1. The molecule has 1 aliphatic heterocycles. The molecule has 1 atom stereocenters. The molecule has 2 N–H and O–H groups in total. The van der Waals surface area contributed by atoms with E-state index in [2.05, 4.69) is 29.7 Å². The molecule has 0 aromatic heterocycles. The highest BCUT2D eigenvalue weighted by Crippen LogP contribution is 2.24. The van der Waals surface area contributed by atoms with Gasteiger partial charge in [-0.1, -0.05) is 18.2 Å². The average Bonchev–Trinajstić information content (AvgIpc) is 2.48. The minimum Gasteiger partial charge on any atom is -0.494 e. The van der Waals surface area contributed by atoms with Crippen LogP contribution in [0.2, 0.25) is 0 Å². The van der Waals surface area contributed by atoms with Gasteiger partial charge in [0.2, 0.25) is 0 Å². The van der Waals surface area contributed by atoms with E-state index in [1.54, 1.807) is 0 Å². The summed E-state index contributed by atoms with van der Waals surface area (Å²) in [5, 5.41) is 0. The standard InChI is InChI=1S/C17H29N3O/c1-4-21-17-8-6-5-7-15(17)16(18)13-19-9-11-20(12-10-19)14(2)3/h5-8,14,16H,4,9-13,18H2,1-3H3. The Bertz CT molecular complexity index is 428. The third kappa shape index (κ3) is 4.43. The Labute approximate surface area is 128 Å². The monoisotopic (exact) mass is 291 g/mol. The van der Waals surface area contributed by atoms with E-state index in [1.165, 1.54) is 0 Å². The van der Waals surface area contributed by atoms with E-state index in [1.807, 2.05) is 25.1 Å². The van der Waals surface area contributed by atoms with Crippen molar-refractivity contribution in [2.45, 2.75) is 32.9 Å². The number of hydrogen-bond acceptors (Lipinski definition) is 4. The summed E-state index contributed by atoms with van der Waals surface area (Å²) < 4.78 is 5.69. The molecule has 1 fully saturated rings. The van der Waals surface area contributed by atoms with E-state index in [0.29, 0.717) is 12.6 Å². The molecule has 0 saturated carbocycles. The molecular formula is C17H29N3O. The lowest BCUT2D eigenvalue weighted by atomic mass is 10.1. The number of hydrogen-bond donors (Lipinski definition) is 1. The molecule has 4 heteroatoms. The number of ether oxygens (including phenoxy) is 1. The SMILES string of the molecule is CCOc1ccccc1C(N)CN1CCN(C(C)C)CC1. The maximum atomic E-state index is 6.42. The fourth-order valence-corrected chi connectivity index (χ4v) is 2.91. The van der Waals surface area contributed by atoms with Crippen molar-refractivity contribution in [3.05, 3.63) is 29.8 Å². The molecule has 0 spiro atoms. The van der Waals surface area contributed by atoms with Crippen molar-refractivity contribution in [1.29, 1.82) is 0 Å². The lowest BCUT2D eigenvalue weighted by Crippen LogP contribution is -2.50. The van der Waals surface area contributed by atoms with Gasteiger partial charge in [-0.3, -0.25) is 9.80 Å². The fourth-order valence-electron chi connectivity index (χ4n) is 2.91. The van der Waals surface area contributed by atoms with Crippen molar-refractivity contribution < 1.29 is 4.74 Å². The minimum atomic E-state index is 0.0124. The first-order valence-electron chi connectivity index (χ1n) is 8.05. The lowest BCUT2D eigenvalue weighted by molar-refractivity contribution is 0.104. The van der Waals surface area contributed by atoms with Crippen molar-refractivity contribution in [2.75, 3.05) is 39.3 Å². The smallest absolute Gasteiger partial charge is 0.124 e. The van der Waals surface area contributed by atoms with Crippen LogP contribution in [-0.4, -0.2) is 55.2 Å². The van der Waals surface area contributed by atoms with Crippen LogP contribution in [0.25, 0.3) is 0 Å². The largest absolute Gasteiger partial charge is 0.494 e. The molecule has 118 valence electrons. The molecular weight excluding hydrogens is 262 g/mol. The maximum Gasteiger partial charge on any atom is 0.124 e. The molecule has 0 aliphatic carbocycles. The molecule has 21 heavy (non-hydrogen) atoms. The summed E-state index contributed by atoms with van der Waals surface area (Å²) in [5.74, 6) is 0.924. The zero-order chi connectivity index (χ0) is 15.2. The quantitative estimate of drug-likeness (QED) is 0.871. The van der Waals surface area contributed by atoms with Gasteiger partial charge in [0, 0.05) is 50.4 Å². The van der Waals surface area contributed by atoms with Crippen molar-refractivity contribution in [3.63, 3.8) is 0 Å². The summed E-state index contributed by atoms with van der Waals surface area (Å²) in [7, 11) is 0. The molecule has 0 bridgehead atoms. The highest BCUT2D eigenvalue weighted by atomic mass is 16.5. The van der Waals surface area contributed by atoms with E-state index in [4.69, 9.17) is 10.5 Å². The second-order valence-corrected chi connectivity index (χ2v) is 6.01. The normalized spacial score (nSPS) is 18.9. The van der Waals surface area contributed by atoms with Gasteiger partial charge in [0.15, 0.2) is 0 Å². The number of nitrogens with two attached hydrogens (primary N) is 1. The van der Waals surface area contributed by atoms with Gasteiger partial charge in [0.05, 0.1) is 6.61 Å². The first kappa shape index (κ1) is 16.3. The first-order valence-corrected chi connectivity index (χ1v) is 8.05. The Hall–Kier alpha value is -1.10. The molecule has 1 aliphatic rings. The molecule has 0 radical (unpaired) electrons. The van der Waals surface area contributed by atoms with Crippen molar-refractivity contribution in [3.8, 4) is 5.75 Å². The van der Waals surface area contributed by atoms with Crippen molar-refractivity contribution in [1.82, 2.24) is 9.80 Å². The highest BCUT2D eigenvalue weighted by Gasteiger charge is 2.21. The zero-order valence-corrected chi connectivity index (χ0v) is 13.6. The summed E-state index contributed by atoms with van der Waals surface area (Å²) in [6.07, 6.45) is 0. The van der Waals surface area contributed by atoms with Crippen molar-refractivity contribution in [2.24, 2.45) is 5.73 Å². The van der Waals surface area contributed by atoms with Gasteiger partial charge in [-0.15, -0.1) is 0 Å². The molecule has 2 rings (SSSR count). The predicted octanol–water partition coefficient (Wildman–Crippen LogP) is 2.11. The molecule has 1 aromatic carbocycles. The average molecular weight is 291 g/mol. The van der Waals surface area contributed by atoms with Crippen LogP contribution in [0, 0.1) is 0 Å². The van der Waals surface area contributed by atoms with Gasteiger partial charge in [0.1, 0.15) is 5.75 Å². The molecule has 0 amide bonds. The number of para-hydroxylation sites is 1. The van der Waals surface area contributed by atoms with Crippen LogP contribution >= 0.6 is 0 Å². The van der Waals surface area contributed by atoms with Crippen molar-refractivity contribution >= 4 is 0 Å². The van der Waals surface area contributed by atoms with Crippen LogP contribution in [0.4, 0.5) is 0 Å². The van der Waals surface area contributed by atoms with Crippen LogP contribution in [0.1, 0.15) is 32.4 Å². The number of nitrogens with zero attached hydrogens (tertiary/aromatic N) is 2. The second kappa shape index (κ2) is 7.78. The highest BCUT2D eigenvalue weighted by molar-refractivity contribution is 5.36. The first-order chi connectivity index (χ1) is 10.1. The van der Waals surface area contributed by atoms with E-state index < -0.39 is 0 Å². The summed E-state index contributed by atoms with van der Waals surface area (Å²) in [4.78, 5) is 4.99. The van der Waals surface area contributed by atoms with E-state index in [9.17, 15) is 0 Å². The lowest BCUT2D eigenvalue weighted by Gasteiger charge is -2.38. The Balaban J connectivity index is 1.92. The second-order valence-electron chi connectivity index (χ2n) is 6.01. The van der Waals surface area contributed by atoms with Gasteiger partial charge in [-0.05, 0) is 26.8 Å². The third-order valence-electron chi connectivity index (χ3n) is 4.21. The van der Waals surface area contributed by atoms with Gasteiger partial charge in [-0.2, -0.15) is 0 Å². The molecule has 4 nitrogen and oxygen atoms in total. The third-order valence-corrected chi connectivity index (χ3v) is 4.21. The topological polar surface area (TPSA) is 41.7 Å². The Morgan fingerprint density at radius 1 is 1.14 bits per heavy atom. The van der Waals surface area contributed by atoms with E-state index >= 15 is 0 Å². The number of rotatable bonds is 6. The van der Waals surface area contributed by atoms with Crippen LogP contribution in [0.15, 0.2) is 24.3 Å². The van der Waals surface area contributed by atoms with Gasteiger partial charge < -0.3 is 10.5 Å². The van der Waals surface area contributed by atoms with Gasteiger partial charge >= 0.3 is 0 Å². The van der Waals surface area contributed by atoms with Crippen LogP contribution in [-0.2, 0) is 0 Å². The predicted molar refractivity (Wildman–Crippen MR) is 87.7 cm³/mol. The summed E-state index contributed by atoms with van der Waals surface area (Å²) in [6.45, 7) is 12.6. The molecule has 1 aromatic rings. The van der Waals surface area contributed by atoms with Crippen LogP contribution in [0.5, 0.6) is 5.75 Å².